The molecule has 78 valence electrons. The van der Waals surface area contributed by atoms with Crippen LogP contribution >= 0.6 is 0 Å². The van der Waals surface area contributed by atoms with Crippen molar-refractivity contribution in [2.45, 2.75) is 39.7 Å². The smallest absolute Gasteiger partial charge is 0.155 e. The first-order valence-corrected chi connectivity index (χ1v) is 5.12. The number of carbonyl (C=O) groups is 1. The largest absolute Gasteiger partial charge is 0.297 e. The lowest BCUT2D eigenvalue weighted by atomic mass is 9.85. The van der Waals surface area contributed by atoms with Gasteiger partial charge in [-0.1, -0.05) is 20.8 Å². The van der Waals surface area contributed by atoms with Crippen molar-refractivity contribution in [3.8, 4) is 6.07 Å². The molecule has 3 heteroatoms. The van der Waals surface area contributed by atoms with E-state index in [1.54, 1.807) is 0 Å². The van der Waals surface area contributed by atoms with Crippen molar-refractivity contribution in [1.82, 2.24) is 4.90 Å². The summed E-state index contributed by atoms with van der Waals surface area (Å²) in [5.41, 5.74) is -0.289. The second kappa shape index (κ2) is 4.10. The van der Waals surface area contributed by atoms with Gasteiger partial charge in [-0.15, -0.1) is 0 Å². The molecule has 1 aliphatic heterocycles. The van der Waals surface area contributed by atoms with Gasteiger partial charge in [0.05, 0.1) is 18.7 Å². The fourth-order valence-electron chi connectivity index (χ4n) is 1.90. The molecule has 0 aliphatic carbocycles. The van der Waals surface area contributed by atoms with Crippen LogP contribution in [0.5, 0.6) is 0 Å². The molecule has 0 aromatic rings. The van der Waals surface area contributed by atoms with Gasteiger partial charge in [0.15, 0.2) is 5.78 Å². The summed E-state index contributed by atoms with van der Waals surface area (Å²) < 4.78 is 0. The number of carbonyl (C=O) groups excluding carboxylic acids is 1. The fraction of sp³-hybridized carbons (Fsp3) is 0.818. The highest BCUT2D eigenvalue weighted by Crippen LogP contribution is 2.26. The van der Waals surface area contributed by atoms with Gasteiger partial charge in [0.2, 0.25) is 0 Å². The number of ketones is 1. The second-order valence-electron chi connectivity index (χ2n) is 4.90. The van der Waals surface area contributed by atoms with E-state index < -0.39 is 0 Å². The average Bonchev–Trinajstić information content (AvgIpc) is 2.50. The molecule has 0 unspecified atom stereocenters. The van der Waals surface area contributed by atoms with Gasteiger partial charge in [0.25, 0.3) is 0 Å². The van der Waals surface area contributed by atoms with Crippen LogP contribution in [0.4, 0.5) is 0 Å². The third kappa shape index (κ3) is 2.33. The summed E-state index contributed by atoms with van der Waals surface area (Å²) in [7, 11) is 0. The molecule has 0 saturated carbocycles. The predicted molar refractivity (Wildman–Crippen MR) is 54.7 cm³/mol. The van der Waals surface area contributed by atoms with Crippen LogP contribution < -0.4 is 0 Å². The van der Waals surface area contributed by atoms with E-state index in [-0.39, 0.29) is 17.2 Å². The molecule has 1 heterocycles. The zero-order valence-electron chi connectivity index (χ0n) is 9.21. The fourth-order valence-corrected chi connectivity index (χ4v) is 1.90. The van der Waals surface area contributed by atoms with Gasteiger partial charge in [-0.2, -0.15) is 5.26 Å². The average molecular weight is 194 g/mol. The Kier molecular flexibility index (Phi) is 3.28. The maximum absolute atomic E-state index is 12.0. The van der Waals surface area contributed by atoms with Crippen molar-refractivity contribution < 1.29 is 4.79 Å². The Balaban J connectivity index is 2.68. The van der Waals surface area contributed by atoms with Crippen molar-refractivity contribution in [3.05, 3.63) is 0 Å². The van der Waals surface area contributed by atoms with E-state index in [2.05, 4.69) is 6.07 Å². The Morgan fingerprint density at radius 2 is 2.21 bits per heavy atom. The molecule has 0 amide bonds. The number of rotatable bonds is 2. The van der Waals surface area contributed by atoms with E-state index in [1.807, 2.05) is 25.7 Å². The summed E-state index contributed by atoms with van der Waals surface area (Å²) in [5.74, 6) is 0.269. The van der Waals surface area contributed by atoms with Crippen molar-refractivity contribution in [2.24, 2.45) is 5.41 Å². The summed E-state index contributed by atoms with van der Waals surface area (Å²) in [6.45, 7) is 7.10. The summed E-state index contributed by atoms with van der Waals surface area (Å²) in [6.07, 6.45) is 1.95. The monoisotopic (exact) mass is 194 g/mol. The lowest BCUT2D eigenvalue weighted by Gasteiger charge is -2.27. The highest BCUT2D eigenvalue weighted by Gasteiger charge is 2.36. The zero-order valence-corrected chi connectivity index (χ0v) is 9.21. The maximum Gasteiger partial charge on any atom is 0.155 e. The number of hydrogen-bond acceptors (Lipinski definition) is 3. The van der Waals surface area contributed by atoms with Crippen LogP contribution in [0.2, 0.25) is 0 Å². The zero-order chi connectivity index (χ0) is 10.8. The second-order valence-corrected chi connectivity index (χ2v) is 4.90. The van der Waals surface area contributed by atoms with Crippen LogP contribution in [0, 0.1) is 16.7 Å². The van der Waals surface area contributed by atoms with Crippen LogP contribution in [-0.4, -0.2) is 29.8 Å². The molecular weight excluding hydrogens is 176 g/mol. The summed E-state index contributed by atoms with van der Waals surface area (Å²) in [4.78, 5) is 14.0. The van der Waals surface area contributed by atoms with Gasteiger partial charge < -0.3 is 0 Å². The van der Waals surface area contributed by atoms with E-state index in [4.69, 9.17) is 5.26 Å². The highest BCUT2D eigenvalue weighted by molar-refractivity contribution is 5.88. The molecule has 0 radical (unpaired) electrons. The normalized spacial score (nSPS) is 23.4. The minimum Gasteiger partial charge on any atom is -0.297 e. The molecule has 1 saturated heterocycles. The van der Waals surface area contributed by atoms with Crippen molar-refractivity contribution in [3.63, 3.8) is 0 Å². The molecule has 14 heavy (non-hydrogen) atoms. The Morgan fingerprint density at radius 3 is 2.71 bits per heavy atom. The number of nitriles is 1. The quantitative estimate of drug-likeness (QED) is 0.627. The maximum atomic E-state index is 12.0. The van der Waals surface area contributed by atoms with Crippen LogP contribution in [0.15, 0.2) is 0 Å². The van der Waals surface area contributed by atoms with Crippen LogP contribution in [0.1, 0.15) is 33.6 Å². The first-order chi connectivity index (χ1) is 6.46. The van der Waals surface area contributed by atoms with E-state index >= 15 is 0 Å². The molecule has 0 bridgehead atoms. The van der Waals surface area contributed by atoms with Crippen molar-refractivity contribution in [1.29, 1.82) is 5.26 Å². The first kappa shape index (κ1) is 11.2. The van der Waals surface area contributed by atoms with Gasteiger partial charge in [-0.3, -0.25) is 9.69 Å². The van der Waals surface area contributed by atoms with Gasteiger partial charge >= 0.3 is 0 Å². The Labute approximate surface area is 85.7 Å². The summed E-state index contributed by atoms with van der Waals surface area (Å²) in [6, 6.07) is 2.10. The molecule has 0 aromatic carbocycles. The van der Waals surface area contributed by atoms with E-state index in [9.17, 15) is 4.79 Å². The Morgan fingerprint density at radius 1 is 1.57 bits per heavy atom. The van der Waals surface area contributed by atoms with E-state index in [0.717, 1.165) is 19.4 Å². The first-order valence-electron chi connectivity index (χ1n) is 5.12. The molecular formula is C11H18N2O. The predicted octanol–water partition coefficient (Wildman–Crippen LogP) is 1.59. The van der Waals surface area contributed by atoms with Gasteiger partial charge in [0, 0.05) is 5.41 Å². The molecule has 1 atom stereocenters. The van der Waals surface area contributed by atoms with Crippen LogP contribution in [0.3, 0.4) is 0 Å². The molecule has 0 N–H and O–H groups in total. The minimum atomic E-state index is -0.289. The SMILES string of the molecule is CC(C)(C)C(=O)[C@H]1CCCN1CC#N. The molecule has 0 aromatic heterocycles. The summed E-state index contributed by atoms with van der Waals surface area (Å²) in [5, 5.41) is 8.63. The van der Waals surface area contributed by atoms with Crippen LogP contribution in [0.25, 0.3) is 0 Å². The third-order valence-corrected chi connectivity index (χ3v) is 2.68. The molecule has 1 rings (SSSR count). The topological polar surface area (TPSA) is 44.1 Å². The molecule has 1 fully saturated rings. The number of nitrogens with zero attached hydrogens (tertiary/aromatic N) is 2. The number of likely N-dealkylation sites (tertiary alicyclic amines) is 1. The molecule has 3 nitrogen and oxygen atoms in total. The Bertz CT molecular complexity index is 259. The minimum absolute atomic E-state index is 0.0188. The molecule has 0 spiro atoms. The van der Waals surface area contributed by atoms with Gasteiger partial charge in [-0.05, 0) is 19.4 Å². The third-order valence-electron chi connectivity index (χ3n) is 2.68. The Hall–Kier alpha value is -0.880. The molecule has 1 aliphatic rings. The van der Waals surface area contributed by atoms with Crippen molar-refractivity contribution in [2.75, 3.05) is 13.1 Å². The van der Waals surface area contributed by atoms with Gasteiger partial charge in [-0.25, -0.2) is 0 Å². The summed E-state index contributed by atoms with van der Waals surface area (Å²) >= 11 is 0. The van der Waals surface area contributed by atoms with Crippen molar-refractivity contribution >= 4 is 5.78 Å². The van der Waals surface area contributed by atoms with Gasteiger partial charge in [0.1, 0.15) is 0 Å². The number of hydrogen-bond donors (Lipinski definition) is 0. The standard InChI is InChI=1S/C11H18N2O/c1-11(2,3)10(14)9-5-4-7-13(9)8-6-12/h9H,4-5,7-8H2,1-3H3/t9-/m1/s1. The number of Topliss-reactive ketones (excluding diaryl/α,β-unsaturated/α-hetero) is 1. The lowest BCUT2D eigenvalue weighted by Crippen LogP contribution is -2.42. The van der Waals surface area contributed by atoms with E-state index in [0.29, 0.717) is 6.54 Å². The lowest BCUT2D eigenvalue weighted by molar-refractivity contribution is -0.130. The van der Waals surface area contributed by atoms with Crippen LogP contribution in [-0.2, 0) is 4.79 Å². The highest BCUT2D eigenvalue weighted by atomic mass is 16.1. The van der Waals surface area contributed by atoms with E-state index in [1.165, 1.54) is 0 Å².